The highest BCUT2D eigenvalue weighted by molar-refractivity contribution is 7.21. The molecule has 3 rings (SSSR count). The first kappa shape index (κ1) is 12.9. The van der Waals surface area contributed by atoms with E-state index in [0.29, 0.717) is 5.75 Å². The van der Waals surface area contributed by atoms with Crippen LogP contribution < -0.4 is 10.5 Å². The lowest BCUT2D eigenvalue weighted by Crippen LogP contribution is -2.09. The predicted octanol–water partition coefficient (Wildman–Crippen LogP) is 3.26. The molecule has 3 N–H and O–H groups in total. The van der Waals surface area contributed by atoms with Crippen molar-refractivity contribution in [2.45, 2.75) is 13.2 Å². The average Bonchev–Trinajstić information content (AvgIpc) is 2.81. The van der Waals surface area contributed by atoms with Crippen LogP contribution in [0, 0.1) is 0 Å². The molecule has 0 fully saturated rings. The maximum atomic E-state index is 9.24. The minimum absolute atomic E-state index is 0.639. The second-order valence-corrected chi connectivity index (χ2v) is 5.52. The lowest BCUT2D eigenvalue weighted by atomic mass is 10.2. The average molecular weight is 286 g/mol. The van der Waals surface area contributed by atoms with E-state index in [1.54, 1.807) is 18.3 Å². The SMILES string of the molecule is CC(O)Oc1ccc2nc(-c3ccc(N)cc3)sc2c1. The number of aliphatic hydroxyl groups excluding tert-OH is 1. The van der Waals surface area contributed by atoms with Gasteiger partial charge in [0, 0.05) is 11.3 Å². The van der Waals surface area contributed by atoms with Gasteiger partial charge in [-0.15, -0.1) is 11.3 Å². The molecule has 2 aromatic carbocycles. The van der Waals surface area contributed by atoms with Crippen LogP contribution in [0.3, 0.4) is 0 Å². The minimum Gasteiger partial charge on any atom is -0.465 e. The third-order valence-electron chi connectivity index (χ3n) is 2.82. The second kappa shape index (κ2) is 5.11. The highest BCUT2D eigenvalue weighted by Gasteiger charge is 2.08. The fourth-order valence-electron chi connectivity index (χ4n) is 1.92. The van der Waals surface area contributed by atoms with Gasteiger partial charge in [-0.25, -0.2) is 4.98 Å². The summed E-state index contributed by atoms with van der Waals surface area (Å²) in [6.45, 7) is 1.58. The Morgan fingerprint density at radius 3 is 2.65 bits per heavy atom. The Balaban J connectivity index is 1.99. The molecule has 5 heteroatoms. The standard InChI is InChI=1S/C15H14N2O2S/c1-9(18)19-12-6-7-13-14(8-12)20-15(17-13)10-2-4-11(16)5-3-10/h2-9,18H,16H2,1H3. The number of aromatic nitrogens is 1. The number of rotatable bonds is 3. The summed E-state index contributed by atoms with van der Waals surface area (Å²) in [7, 11) is 0. The van der Waals surface area contributed by atoms with Gasteiger partial charge in [0.1, 0.15) is 10.8 Å². The van der Waals surface area contributed by atoms with E-state index in [1.807, 2.05) is 42.5 Å². The van der Waals surface area contributed by atoms with E-state index in [0.717, 1.165) is 26.5 Å². The van der Waals surface area contributed by atoms with Gasteiger partial charge in [0.15, 0.2) is 6.29 Å². The third-order valence-corrected chi connectivity index (χ3v) is 3.89. The second-order valence-electron chi connectivity index (χ2n) is 4.49. The maximum Gasteiger partial charge on any atom is 0.194 e. The zero-order valence-corrected chi connectivity index (χ0v) is 11.7. The van der Waals surface area contributed by atoms with Crippen molar-refractivity contribution in [2.75, 3.05) is 5.73 Å². The Hall–Kier alpha value is -2.11. The lowest BCUT2D eigenvalue weighted by Gasteiger charge is -2.07. The molecule has 0 aliphatic carbocycles. The van der Waals surface area contributed by atoms with Gasteiger partial charge in [-0.3, -0.25) is 0 Å². The molecule has 0 saturated carbocycles. The summed E-state index contributed by atoms with van der Waals surface area (Å²) in [6.07, 6.45) is -0.822. The number of thiazole rings is 1. The van der Waals surface area contributed by atoms with Gasteiger partial charge in [0.2, 0.25) is 0 Å². The van der Waals surface area contributed by atoms with E-state index in [1.165, 1.54) is 0 Å². The highest BCUT2D eigenvalue weighted by Crippen LogP contribution is 2.32. The number of aliphatic hydroxyl groups is 1. The number of nitrogen functional groups attached to an aromatic ring is 1. The quantitative estimate of drug-likeness (QED) is 0.573. The first-order chi connectivity index (χ1) is 9.61. The third kappa shape index (κ3) is 2.59. The zero-order chi connectivity index (χ0) is 14.1. The van der Waals surface area contributed by atoms with Gasteiger partial charge in [-0.1, -0.05) is 0 Å². The van der Waals surface area contributed by atoms with E-state index < -0.39 is 6.29 Å². The number of nitrogens with zero attached hydrogens (tertiary/aromatic N) is 1. The van der Waals surface area contributed by atoms with Crippen LogP contribution in [0.4, 0.5) is 5.69 Å². The molecule has 0 aliphatic heterocycles. The molecular weight excluding hydrogens is 272 g/mol. The van der Waals surface area contributed by atoms with Crippen LogP contribution in [-0.2, 0) is 0 Å². The Bertz CT molecular complexity index is 735. The number of hydrogen-bond donors (Lipinski definition) is 2. The van der Waals surface area contributed by atoms with Crippen LogP contribution in [0.15, 0.2) is 42.5 Å². The van der Waals surface area contributed by atoms with Crippen molar-refractivity contribution < 1.29 is 9.84 Å². The van der Waals surface area contributed by atoms with Crippen LogP contribution in [0.25, 0.3) is 20.8 Å². The molecule has 3 aromatic rings. The smallest absolute Gasteiger partial charge is 0.194 e. The van der Waals surface area contributed by atoms with Crippen LogP contribution in [0.1, 0.15) is 6.92 Å². The molecule has 1 atom stereocenters. The number of fused-ring (bicyclic) bond motifs is 1. The Morgan fingerprint density at radius 2 is 1.95 bits per heavy atom. The van der Waals surface area contributed by atoms with Crippen LogP contribution in [0.5, 0.6) is 5.75 Å². The normalized spacial score (nSPS) is 12.5. The van der Waals surface area contributed by atoms with Crippen LogP contribution in [0.2, 0.25) is 0 Å². The van der Waals surface area contributed by atoms with Gasteiger partial charge in [0.25, 0.3) is 0 Å². The molecule has 0 aliphatic rings. The van der Waals surface area contributed by atoms with Gasteiger partial charge < -0.3 is 15.6 Å². The first-order valence-corrected chi connectivity index (χ1v) is 7.05. The number of nitrogens with two attached hydrogens (primary N) is 1. The topological polar surface area (TPSA) is 68.4 Å². The van der Waals surface area contributed by atoms with Gasteiger partial charge in [0.05, 0.1) is 10.2 Å². The van der Waals surface area contributed by atoms with E-state index in [-0.39, 0.29) is 0 Å². The van der Waals surface area contributed by atoms with Gasteiger partial charge >= 0.3 is 0 Å². The fraction of sp³-hybridized carbons (Fsp3) is 0.133. The summed E-state index contributed by atoms with van der Waals surface area (Å²) in [6, 6.07) is 13.2. The Morgan fingerprint density at radius 1 is 1.20 bits per heavy atom. The molecule has 1 aromatic heterocycles. The van der Waals surface area contributed by atoms with E-state index in [2.05, 4.69) is 4.98 Å². The molecular formula is C15H14N2O2S. The Kier molecular flexibility index (Phi) is 3.30. The van der Waals surface area contributed by atoms with Crippen molar-refractivity contribution in [3.8, 4) is 16.3 Å². The maximum absolute atomic E-state index is 9.24. The number of ether oxygens (including phenoxy) is 1. The molecule has 20 heavy (non-hydrogen) atoms. The van der Waals surface area contributed by atoms with Crippen molar-refractivity contribution in [3.05, 3.63) is 42.5 Å². The van der Waals surface area contributed by atoms with E-state index in [9.17, 15) is 5.11 Å². The largest absolute Gasteiger partial charge is 0.465 e. The Labute approximate surface area is 120 Å². The number of hydrogen-bond acceptors (Lipinski definition) is 5. The lowest BCUT2D eigenvalue weighted by molar-refractivity contribution is -0.000177. The summed E-state index contributed by atoms with van der Waals surface area (Å²) >= 11 is 1.58. The van der Waals surface area contributed by atoms with Crippen molar-refractivity contribution in [1.29, 1.82) is 0 Å². The molecule has 4 nitrogen and oxygen atoms in total. The summed E-state index contributed by atoms with van der Waals surface area (Å²) in [5.41, 5.74) is 8.38. The van der Waals surface area contributed by atoms with E-state index >= 15 is 0 Å². The predicted molar refractivity (Wildman–Crippen MR) is 81.8 cm³/mol. The molecule has 0 spiro atoms. The molecule has 1 unspecified atom stereocenters. The summed E-state index contributed by atoms with van der Waals surface area (Å²) in [5, 5.41) is 10.2. The summed E-state index contributed by atoms with van der Waals surface area (Å²) in [5.74, 6) is 0.639. The molecule has 0 amide bonds. The molecule has 1 heterocycles. The zero-order valence-electron chi connectivity index (χ0n) is 10.9. The van der Waals surface area contributed by atoms with Crippen molar-refractivity contribution in [1.82, 2.24) is 4.98 Å². The molecule has 102 valence electrons. The summed E-state index contributed by atoms with van der Waals surface area (Å²) < 4.78 is 6.29. The van der Waals surface area contributed by atoms with Crippen molar-refractivity contribution >= 4 is 27.2 Å². The van der Waals surface area contributed by atoms with E-state index in [4.69, 9.17) is 10.5 Å². The number of benzene rings is 2. The minimum atomic E-state index is -0.822. The molecule has 0 radical (unpaired) electrons. The van der Waals surface area contributed by atoms with Crippen LogP contribution in [-0.4, -0.2) is 16.4 Å². The van der Waals surface area contributed by atoms with Crippen molar-refractivity contribution in [2.24, 2.45) is 0 Å². The molecule has 0 bridgehead atoms. The monoisotopic (exact) mass is 286 g/mol. The highest BCUT2D eigenvalue weighted by atomic mass is 32.1. The van der Waals surface area contributed by atoms with Crippen LogP contribution >= 0.6 is 11.3 Å². The van der Waals surface area contributed by atoms with Gasteiger partial charge in [-0.2, -0.15) is 0 Å². The van der Waals surface area contributed by atoms with Crippen molar-refractivity contribution in [3.63, 3.8) is 0 Å². The fourth-order valence-corrected chi connectivity index (χ4v) is 2.92. The molecule has 0 saturated heterocycles. The van der Waals surface area contributed by atoms with Gasteiger partial charge in [-0.05, 0) is 49.4 Å². The first-order valence-electron chi connectivity index (χ1n) is 6.23. The summed E-state index contributed by atoms with van der Waals surface area (Å²) in [4.78, 5) is 4.59. The number of anilines is 1.